The summed E-state index contributed by atoms with van der Waals surface area (Å²) in [5.74, 6) is -1.68. The van der Waals surface area contributed by atoms with Crippen LogP contribution in [0.3, 0.4) is 0 Å². The zero-order valence-electron chi connectivity index (χ0n) is 11.7. The van der Waals surface area contributed by atoms with Crippen molar-refractivity contribution < 1.29 is 23.1 Å². The molecule has 2 N–H and O–H groups in total. The van der Waals surface area contributed by atoms with Gasteiger partial charge in [-0.3, -0.25) is 0 Å². The van der Waals surface area contributed by atoms with Gasteiger partial charge in [-0.15, -0.1) is 0 Å². The molecule has 6 nitrogen and oxygen atoms in total. The van der Waals surface area contributed by atoms with Gasteiger partial charge in [-0.25, -0.2) is 14.8 Å². The van der Waals surface area contributed by atoms with Crippen LogP contribution in [0.25, 0.3) is 0 Å². The van der Waals surface area contributed by atoms with Crippen LogP contribution in [-0.2, 0) is 4.79 Å². The van der Waals surface area contributed by atoms with E-state index in [0.29, 0.717) is 6.04 Å². The summed E-state index contributed by atoms with van der Waals surface area (Å²) < 4.78 is 31.7. The number of aromatic nitrogens is 2. The van der Waals surface area contributed by atoms with Crippen LogP contribution < -0.4 is 10.2 Å². The van der Waals surface area contributed by atoms with Crippen LogP contribution in [0.5, 0.6) is 0 Å². The Morgan fingerprint density at radius 3 is 2.62 bits per heavy atom. The number of carboxylic acid groups (broad SMARTS) is 1. The first-order chi connectivity index (χ1) is 9.71. The van der Waals surface area contributed by atoms with Crippen molar-refractivity contribution in [1.29, 1.82) is 0 Å². The average molecular weight is 306 g/mol. The maximum atomic E-state index is 10.6. The van der Waals surface area contributed by atoms with Crippen LogP contribution in [0.1, 0.15) is 12.5 Å². The topological polar surface area (TPSA) is 78.4 Å². The van der Waals surface area contributed by atoms with E-state index in [1.807, 2.05) is 6.20 Å². The molecule has 1 unspecified atom stereocenters. The summed E-state index contributed by atoms with van der Waals surface area (Å²) >= 11 is 0. The Balaban J connectivity index is 0.000000270. The van der Waals surface area contributed by atoms with E-state index in [1.165, 1.54) is 0 Å². The number of carboxylic acids is 1. The molecule has 118 valence electrons. The van der Waals surface area contributed by atoms with E-state index in [2.05, 4.69) is 34.0 Å². The summed E-state index contributed by atoms with van der Waals surface area (Å²) in [5.41, 5.74) is 1.15. The Morgan fingerprint density at radius 2 is 2.14 bits per heavy atom. The number of nitrogens with one attached hydrogen (secondary N) is 1. The Bertz CT molecular complexity index is 482. The summed E-state index contributed by atoms with van der Waals surface area (Å²) in [6, 6.07) is 0.540. The number of aliphatic carboxylic acids is 1. The molecule has 21 heavy (non-hydrogen) atoms. The highest BCUT2D eigenvalue weighted by Gasteiger charge is 2.38. The molecule has 0 bridgehead atoms. The minimum Gasteiger partial charge on any atom is -0.475 e. The standard InChI is InChI=1S/C10H16N4.C2HF3O2/c1-8-5-11-7-13-10(8)14-4-3-12-9(2)6-14;3-2(4,5)1(6)7/h5,7,9,12H,3-4,6H2,1-2H3;(H,6,7). The zero-order chi connectivity index (χ0) is 16.0. The lowest BCUT2D eigenvalue weighted by atomic mass is 10.2. The number of halogens is 3. The van der Waals surface area contributed by atoms with Crippen LogP contribution in [0.2, 0.25) is 0 Å². The smallest absolute Gasteiger partial charge is 0.475 e. The summed E-state index contributed by atoms with van der Waals surface area (Å²) in [6.07, 6.45) is -1.59. The molecule has 0 aliphatic carbocycles. The third kappa shape index (κ3) is 5.54. The number of hydrogen-bond donors (Lipinski definition) is 2. The number of anilines is 1. The normalized spacial score (nSPS) is 18.7. The first-order valence-electron chi connectivity index (χ1n) is 6.27. The summed E-state index contributed by atoms with van der Waals surface area (Å²) in [4.78, 5) is 19.5. The average Bonchev–Trinajstić information content (AvgIpc) is 2.39. The van der Waals surface area contributed by atoms with Gasteiger partial charge in [0.25, 0.3) is 0 Å². The molecule has 1 aliphatic heterocycles. The van der Waals surface area contributed by atoms with Gasteiger partial charge in [0.1, 0.15) is 12.1 Å². The van der Waals surface area contributed by atoms with Crippen LogP contribution in [-0.4, -0.2) is 52.9 Å². The Hall–Kier alpha value is -1.90. The maximum absolute atomic E-state index is 10.6. The second-order valence-electron chi connectivity index (χ2n) is 4.63. The van der Waals surface area contributed by atoms with E-state index in [4.69, 9.17) is 9.90 Å². The summed E-state index contributed by atoms with van der Waals surface area (Å²) in [7, 11) is 0. The monoisotopic (exact) mass is 306 g/mol. The summed E-state index contributed by atoms with van der Waals surface area (Å²) in [5, 5.41) is 10.5. The molecule has 0 radical (unpaired) electrons. The van der Waals surface area contributed by atoms with E-state index >= 15 is 0 Å². The molecule has 9 heteroatoms. The van der Waals surface area contributed by atoms with Gasteiger partial charge < -0.3 is 15.3 Å². The molecule has 1 atom stereocenters. The third-order valence-corrected chi connectivity index (χ3v) is 2.78. The second kappa shape index (κ2) is 7.21. The quantitative estimate of drug-likeness (QED) is 0.812. The fourth-order valence-corrected chi connectivity index (χ4v) is 1.85. The molecule has 2 heterocycles. The number of aryl methyl sites for hydroxylation is 1. The first kappa shape index (κ1) is 17.2. The molecule has 0 saturated carbocycles. The largest absolute Gasteiger partial charge is 0.490 e. The minimum atomic E-state index is -5.08. The minimum absolute atomic E-state index is 0.540. The molecule has 1 aliphatic rings. The van der Waals surface area contributed by atoms with E-state index in [-0.39, 0.29) is 0 Å². The van der Waals surface area contributed by atoms with E-state index < -0.39 is 12.1 Å². The molecule has 1 saturated heterocycles. The maximum Gasteiger partial charge on any atom is 0.490 e. The van der Waals surface area contributed by atoms with Gasteiger partial charge in [0.15, 0.2) is 0 Å². The highest BCUT2D eigenvalue weighted by atomic mass is 19.4. The fourth-order valence-electron chi connectivity index (χ4n) is 1.85. The van der Waals surface area contributed by atoms with Crippen LogP contribution in [0.4, 0.5) is 19.0 Å². The van der Waals surface area contributed by atoms with Crippen molar-refractivity contribution in [2.45, 2.75) is 26.1 Å². The highest BCUT2D eigenvalue weighted by Crippen LogP contribution is 2.16. The molecule has 1 aromatic heterocycles. The van der Waals surface area contributed by atoms with Crippen LogP contribution in [0.15, 0.2) is 12.5 Å². The molecule has 0 aromatic carbocycles. The van der Waals surface area contributed by atoms with Crippen molar-refractivity contribution >= 4 is 11.8 Å². The molecule has 1 aromatic rings. The van der Waals surface area contributed by atoms with Crippen molar-refractivity contribution in [3.63, 3.8) is 0 Å². The molecule has 1 fully saturated rings. The lowest BCUT2D eigenvalue weighted by Gasteiger charge is -2.33. The van der Waals surface area contributed by atoms with Crippen LogP contribution >= 0.6 is 0 Å². The Morgan fingerprint density at radius 1 is 1.52 bits per heavy atom. The van der Waals surface area contributed by atoms with E-state index in [1.54, 1.807) is 6.33 Å². The van der Waals surface area contributed by atoms with Crippen molar-refractivity contribution in [3.05, 3.63) is 18.1 Å². The van der Waals surface area contributed by atoms with Gasteiger partial charge in [-0.05, 0) is 13.8 Å². The molecule has 0 spiro atoms. The molecular formula is C12H17F3N4O2. The third-order valence-electron chi connectivity index (χ3n) is 2.78. The Labute approximate surface area is 120 Å². The first-order valence-corrected chi connectivity index (χ1v) is 6.27. The van der Waals surface area contributed by atoms with Gasteiger partial charge in [-0.2, -0.15) is 13.2 Å². The molecule has 2 rings (SSSR count). The van der Waals surface area contributed by atoms with Crippen molar-refractivity contribution in [2.75, 3.05) is 24.5 Å². The number of hydrogen-bond acceptors (Lipinski definition) is 5. The zero-order valence-corrected chi connectivity index (χ0v) is 11.7. The predicted octanol–water partition coefficient (Wildman–Crippen LogP) is 1.22. The SMILES string of the molecule is Cc1cncnc1N1CCNC(C)C1.O=C(O)C(F)(F)F. The number of rotatable bonds is 1. The highest BCUT2D eigenvalue weighted by molar-refractivity contribution is 5.73. The van der Waals surface area contributed by atoms with Crippen molar-refractivity contribution in [1.82, 2.24) is 15.3 Å². The van der Waals surface area contributed by atoms with Gasteiger partial charge in [0, 0.05) is 37.4 Å². The number of alkyl halides is 3. The summed E-state index contributed by atoms with van der Waals surface area (Å²) in [6.45, 7) is 7.34. The lowest BCUT2D eigenvalue weighted by molar-refractivity contribution is -0.192. The fraction of sp³-hybridized carbons (Fsp3) is 0.583. The lowest BCUT2D eigenvalue weighted by Crippen LogP contribution is -2.49. The Kier molecular flexibility index (Phi) is 5.89. The van der Waals surface area contributed by atoms with Gasteiger partial charge in [0.2, 0.25) is 0 Å². The van der Waals surface area contributed by atoms with Gasteiger partial charge in [0.05, 0.1) is 0 Å². The van der Waals surface area contributed by atoms with Crippen molar-refractivity contribution in [3.8, 4) is 0 Å². The van der Waals surface area contributed by atoms with Gasteiger partial charge in [-0.1, -0.05) is 0 Å². The predicted molar refractivity (Wildman–Crippen MR) is 70.1 cm³/mol. The second-order valence-corrected chi connectivity index (χ2v) is 4.63. The van der Waals surface area contributed by atoms with Crippen LogP contribution in [0, 0.1) is 6.92 Å². The number of piperazine rings is 1. The van der Waals surface area contributed by atoms with Crippen molar-refractivity contribution in [2.24, 2.45) is 0 Å². The molecule has 0 amide bonds. The number of nitrogens with zero attached hydrogens (tertiary/aromatic N) is 3. The van der Waals surface area contributed by atoms with Gasteiger partial charge >= 0.3 is 12.1 Å². The number of carbonyl (C=O) groups is 1. The van der Waals surface area contributed by atoms with E-state index in [0.717, 1.165) is 31.0 Å². The van der Waals surface area contributed by atoms with E-state index in [9.17, 15) is 13.2 Å². The molecular weight excluding hydrogens is 289 g/mol.